The van der Waals surface area contributed by atoms with E-state index in [-0.39, 0.29) is 28.2 Å². The number of esters is 2. The molecule has 0 spiro atoms. The maximum atomic E-state index is 12.7. The number of fused-ring (bicyclic) bond motifs is 1. The molecule has 0 aliphatic heterocycles. The molecule has 0 bridgehead atoms. The molecule has 11 heteroatoms. The first-order chi connectivity index (χ1) is 14.3. The van der Waals surface area contributed by atoms with Crippen LogP contribution >= 0.6 is 11.3 Å². The zero-order valence-electron chi connectivity index (χ0n) is 15.9. The van der Waals surface area contributed by atoms with E-state index in [9.17, 15) is 24.5 Å². The average molecular weight is 429 g/mol. The molecule has 0 N–H and O–H groups in total. The molecule has 0 unspecified atom stereocenters. The Kier molecular flexibility index (Phi) is 6.02. The van der Waals surface area contributed by atoms with E-state index in [2.05, 4.69) is 4.99 Å². The molecule has 0 aliphatic carbocycles. The summed E-state index contributed by atoms with van der Waals surface area (Å²) in [6.07, 6.45) is 0. The summed E-state index contributed by atoms with van der Waals surface area (Å²) >= 11 is 1.05. The zero-order valence-corrected chi connectivity index (χ0v) is 16.7. The van der Waals surface area contributed by atoms with Crippen molar-refractivity contribution in [1.82, 2.24) is 4.57 Å². The number of ether oxygens (including phenoxy) is 2. The van der Waals surface area contributed by atoms with Crippen LogP contribution in [0.3, 0.4) is 0 Å². The van der Waals surface area contributed by atoms with Crippen LogP contribution in [0, 0.1) is 10.1 Å². The molecule has 2 aromatic carbocycles. The highest BCUT2D eigenvalue weighted by atomic mass is 32.1. The van der Waals surface area contributed by atoms with E-state index >= 15 is 0 Å². The number of carbonyl (C=O) groups excluding carboxylic acids is 3. The number of para-hydroxylation sites is 1. The largest absolute Gasteiger partial charge is 0.468 e. The van der Waals surface area contributed by atoms with E-state index in [1.165, 1.54) is 49.1 Å². The summed E-state index contributed by atoms with van der Waals surface area (Å²) in [5, 5.41) is 11.2. The molecule has 1 aromatic heterocycles. The van der Waals surface area contributed by atoms with Crippen molar-refractivity contribution in [3.05, 3.63) is 68.5 Å². The van der Waals surface area contributed by atoms with E-state index in [1.54, 1.807) is 12.1 Å². The molecule has 154 valence electrons. The number of nitro benzene ring substituents is 1. The van der Waals surface area contributed by atoms with Crippen molar-refractivity contribution in [2.75, 3.05) is 14.2 Å². The SMILES string of the molecule is COC(=O)Cn1c(=NC(=O)c2ccccc2[N+](=O)[O-])sc2cc(C(=O)OC)ccc21. The van der Waals surface area contributed by atoms with Gasteiger partial charge in [-0.15, -0.1) is 0 Å². The number of hydrogen-bond acceptors (Lipinski definition) is 8. The Hall–Kier alpha value is -3.86. The Morgan fingerprint density at radius 2 is 1.87 bits per heavy atom. The van der Waals surface area contributed by atoms with Crippen molar-refractivity contribution in [2.24, 2.45) is 4.99 Å². The lowest BCUT2D eigenvalue weighted by Gasteiger charge is -2.04. The lowest BCUT2D eigenvalue weighted by Crippen LogP contribution is -2.22. The first-order valence-corrected chi connectivity index (χ1v) is 9.28. The summed E-state index contributed by atoms with van der Waals surface area (Å²) in [7, 11) is 2.48. The van der Waals surface area contributed by atoms with Gasteiger partial charge in [-0.05, 0) is 24.3 Å². The highest BCUT2D eigenvalue weighted by Gasteiger charge is 2.20. The van der Waals surface area contributed by atoms with Gasteiger partial charge in [0.25, 0.3) is 11.6 Å². The molecule has 30 heavy (non-hydrogen) atoms. The number of hydrogen-bond donors (Lipinski definition) is 0. The minimum absolute atomic E-state index is 0.126. The Bertz CT molecular complexity index is 1240. The lowest BCUT2D eigenvalue weighted by molar-refractivity contribution is -0.385. The third-order valence-corrected chi connectivity index (χ3v) is 5.19. The molecule has 3 aromatic rings. The second-order valence-electron chi connectivity index (χ2n) is 5.91. The molecule has 0 saturated heterocycles. The van der Waals surface area contributed by atoms with Gasteiger partial charge in [0.05, 0.1) is 34.9 Å². The number of thiazole rings is 1. The van der Waals surface area contributed by atoms with Crippen molar-refractivity contribution in [3.8, 4) is 0 Å². The standard InChI is InChI=1S/C19H15N3O7S/c1-28-16(23)10-21-14-8-7-11(18(25)29-2)9-15(14)30-19(21)20-17(24)12-5-3-4-6-13(12)22(26)27/h3-9H,10H2,1-2H3. The van der Waals surface area contributed by atoms with Crippen LogP contribution < -0.4 is 4.80 Å². The van der Waals surface area contributed by atoms with Gasteiger partial charge in [-0.3, -0.25) is 19.7 Å². The van der Waals surface area contributed by atoms with Crippen molar-refractivity contribution in [3.63, 3.8) is 0 Å². The minimum atomic E-state index is -0.833. The average Bonchev–Trinajstić information content (AvgIpc) is 3.08. The second kappa shape index (κ2) is 8.66. The minimum Gasteiger partial charge on any atom is -0.468 e. The number of amides is 1. The summed E-state index contributed by atoms with van der Waals surface area (Å²) in [4.78, 5) is 51.0. The summed E-state index contributed by atoms with van der Waals surface area (Å²) in [6.45, 7) is -0.239. The fraction of sp³-hybridized carbons (Fsp3) is 0.158. The van der Waals surface area contributed by atoms with Crippen LogP contribution in [0.1, 0.15) is 20.7 Å². The number of carbonyl (C=O) groups is 3. The summed E-state index contributed by atoms with van der Waals surface area (Å²) < 4.78 is 11.4. The monoisotopic (exact) mass is 429 g/mol. The fourth-order valence-electron chi connectivity index (χ4n) is 2.71. The maximum Gasteiger partial charge on any atom is 0.337 e. The van der Waals surface area contributed by atoms with Gasteiger partial charge in [0, 0.05) is 6.07 Å². The van der Waals surface area contributed by atoms with Gasteiger partial charge in [0.2, 0.25) is 0 Å². The maximum absolute atomic E-state index is 12.7. The van der Waals surface area contributed by atoms with Crippen molar-refractivity contribution < 1.29 is 28.8 Å². The first-order valence-electron chi connectivity index (χ1n) is 8.46. The number of benzene rings is 2. The van der Waals surface area contributed by atoms with E-state index < -0.39 is 22.8 Å². The number of aromatic nitrogens is 1. The Morgan fingerprint density at radius 3 is 2.53 bits per heavy atom. The summed E-state index contributed by atoms with van der Waals surface area (Å²) in [5.41, 5.74) is 0.264. The predicted molar refractivity (Wildman–Crippen MR) is 106 cm³/mol. The molecule has 10 nitrogen and oxygen atoms in total. The van der Waals surface area contributed by atoms with Crippen LogP contribution in [0.15, 0.2) is 47.5 Å². The molecular formula is C19H15N3O7S. The van der Waals surface area contributed by atoms with E-state index in [0.29, 0.717) is 10.2 Å². The van der Waals surface area contributed by atoms with Crippen LogP contribution in [0.5, 0.6) is 0 Å². The first kappa shape index (κ1) is 20.9. The molecule has 0 saturated carbocycles. The van der Waals surface area contributed by atoms with Gasteiger partial charge >= 0.3 is 11.9 Å². The third kappa shape index (κ3) is 4.10. The molecule has 0 radical (unpaired) electrons. The fourth-order valence-corrected chi connectivity index (χ4v) is 3.78. The van der Waals surface area contributed by atoms with Crippen molar-refractivity contribution >= 4 is 45.1 Å². The predicted octanol–water partition coefficient (Wildman–Crippen LogP) is 2.31. The van der Waals surface area contributed by atoms with Crippen LogP contribution in [0.2, 0.25) is 0 Å². The van der Waals surface area contributed by atoms with E-state index in [0.717, 1.165) is 11.3 Å². The topological polar surface area (TPSA) is 130 Å². The molecular weight excluding hydrogens is 414 g/mol. The van der Waals surface area contributed by atoms with Crippen LogP contribution in [-0.2, 0) is 20.8 Å². The second-order valence-corrected chi connectivity index (χ2v) is 6.92. The van der Waals surface area contributed by atoms with E-state index in [1.807, 2.05) is 0 Å². The van der Waals surface area contributed by atoms with E-state index in [4.69, 9.17) is 9.47 Å². The molecule has 0 atom stereocenters. The highest BCUT2D eigenvalue weighted by Crippen LogP contribution is 2.21. The molecule has 0 aliphatic rings. The smallest absolute Gasteiger partial charge is 0.337 e. The van der Waals surface area contributed by atoms with Crippen molar-refractivity contribution in [2.45, 2.75) is 6.54 Å². The molecule has 0 fully saturated rings. The van der Waals surface area contributed by atoms with Crippen LogP contribution in [0.4, 0.5) is 5.69 Å². The molecule has 3 rings (SSSR count). The van der Waals surface area contributed by atoms with Crippen LogP contribution in [-0.4, -0.2) is 41.6 Å². The molecule has 1 amide bonds. The normalized spacial score (nSPS) is 11.3. The van der Waals surface area contributed by atoms with Gasteiger partial charge < -0.3 is 14.0 Å². The zero-order chi connectivity index (χ0) is 21.8. The summed E-state index contributed by atoms with van der Waals surface area (Å²) in [6, 6.07) is 10.1. The quantitative estimate of drug-likeness (QED) is 0.345. The van der Waals surface area contributed by atoms with Gasteiger partial charge in [-0.1, -0.05) is 23.5 Å². The Morgan fingerprint density at radius 1 is 1.13 bits per heavy atom. The van der Waals surface area contributed by atoms with Gasteiger partial charge in [0.1, 0.15) is 12.1 Å². The number of nitro groups is 1. The Balaban J connectivity index is 2.19. The van der Waals surface area contributed by atoms with Gasteiger partial charge in [-0.25, -0.2) is 4.79 Å². The van der Waals surface area contributed by atoms with Crippen LogP contribution in [0.25, 0.3) is 10.2 Å². The van der Waals surface area contributed by atoms with Gasteiger partial charge in [-0.2, -0.15) is 4.99 Å². The van der Waals surface area contributed by atoms with Crippen molar-refractivity contribution in [1.29, 1.82) is 0 Å². The number of methoxy groups -OCH3 is 2. The lowest BCUT2D eigenvalue weighted by atomic mass is 10.2. The highest BCUT2D eigenvalue weighted by molar-refractivity contribution is 7.16. The number of rotatable bonds is 5. The third-order valence-electron chi connectivity index (χ3n) is 4.15. The number of nitrogens with zero attached hydrogens (tertiary/aromatic N) is 3. The molecule has 1 heterocycles. The Labute approximate surface area is 173 Å². The summed E-state index contributed by atoms with van der Waals surface area (Å²) in [5.74, 6) is -1.95. The van der Waals surface area contributed by atoms with Gasteiger partial charge in [0.15, 0.2) is 4.80 Å².